The van der Waals surface area contributed by atoms with Gasteiger partial charge in [-0.3, -0.25) is 9.59 Å². The van der Waals surface area contributed by atoms with Gasteiger partial charge in [-0.15, -0.1) is 0 Å². The lowest BCUT2D eigenvalue weighted by atomic mass is 9.95. The molecule has 1 aliphatic heterocycles. The number of carboxylic acid groups (broad SMARTS) is 1. The van der Waals surface area contributed by atoms with E-state index in [2.05, 4.69) is 5.32 Å². The molecule has 1 rings (SSSR count). The third-order valence-corrected chi connectivity index (χ3v) is 3.79. The largest absolute Gasteiger partial charge is 0.480 e. The van der Waals surface area contributed by atoms with E-state index in [4.69, 9.17) is 5.11 Å². The van der Waals surface area contributed by atoms with E-state index in [1.165, 1.54) is 0 Å². The van der Waals surface area contributed by atoms with Crippen LogP contribution in [0, 0.1) is 11.8 Å². The molecule has 2 atom stereocenters. The van der Waals surface area contributed by atoms with Gasteiger partial charge >= 0.3 is 5.97 Å². The average molecular weight is 298 g/mol. The Balaban J connectivity index is 2.61. The number of amides is 2. The number of carboxylic acids is 1. The summed E-state index contributed by atoms with van der Waals surface area (Å²) in [5.74, 6) is -1.59. The van der Waals surface area contributed by atoms with Crippen LogP contribution in [0.2, 0.25) is 0 Å². The summed E-state index contributed by atoms with van der Waals surface area (Å²) < 4.78 is 0. The molecular weight excluding hydrogens is 272 g/mol. The highest BCUT2D eigenvalue weighted by Crippen LogP contribution is 2.19. The second-order valence-corrected chi connectivity index (χ2v) is 5.97. The van der Waals surface area contributed by atoms with Crippen LogP contribution in [0.25, 0.3) is 0 Å². The van der Waals surface area contributed by atoms with Crippen molar-refractivity contribution in [1.82, 2.24) is 10.2 Å². The first-order valence-electron chi connectivity index (χ1n) is 7.68. The predicted molar refractivity (Wildman–Crippen MR) is 78.6 cm³/mol. The molecule has 1 unspecified atom stereocenters. The van der Waals surface area contributed by atoms with Crippen LogP contribution in [0.15, 0.2) is 0 Å². The fourth-order valence-electron chi connectivity index (χ4n) is 2.59. The maximum absolute atomic E-state index is 12.2. The van der Waals surface area contributed by atoms with E-state index in [0.29, 0.717) is 32.4 Å². The first-order chi connectivity index (χ1) is 9.86. The molecule has 0 aromatic heterocycles. The van der Waals surface area contributed by atoms with Crippen LogP contribution >= 0.6 is 0 Å². The van der Waals surface area contributed by atoms with Crippen LogP contribution in [-0.2, 0) is 14.4 Å². The van der Waals surface area contributed by atoms with Crippen molar-refractivity contribution in [3.05, 3.63) is 0 Å². The zero-order chi connectivity index (χ0) is 16.0. The summed E-state index contributed by atoms with van der Waals surface area (Å²) in [6.45, 7) is 6.63. The lowest BCUT2D eigenvalue weighted by Gasteiger charge is -2.33. The normalized spacial score (nSPS) is 20.2. The molecule has 21 heavy (non-hydrogen) atoms. The van der Waals surface area contributed by atoms with Gasteiger partial charge in [-0.1, -0.05) is 27.2 Å². The Morgan fingerprint density at radius 2 is 2.00 bits per heavy atom. The predicted octanol–water partition coefficient (Wildman–Crippen LogP) is 1.25. The Morgan fingerprint density at radius 3 is 2.52 bits per heavy atom. The van der Waals surface area contributed by atoms with E-state index in [-0.39, 0.29) is 23.7 Å². The number of carbonyl (C=O) groups is 3. The van der Waals surface area contributed by atoms with Crippen LogP contribution < -0.4 is 5.32 Å². The molecule has 2 amide bonds. The Labute approximate surface area is 125 Å². The van der Waals surface area contributed by atoms with Crippen molar-refractivity contribution in [1.29, 1.82) is 0 Å². The van der Waals surface area contributed by atoms with Crippen LogP contribution in [-0.4, -0.2) is 46.9 Å². The minimum atomic E-state index is -1.00. The van der Waals surface area contributed by atoms with Crippen molar-refractivity contribution >= 4 is 17.8 Å². The molecule has 6 heteroatoms. The monoisotopic (exact) mass is 298 g/mol. The van der Waals surface area contributed by atoms with Gasteiger partial charge in [0, 0.05) is 19.0 Å². The third-order valence-electron chi connectivity index (χ3n) is 3.79. The Hall–Kier alpha value is -1.59. The number of hydrogen-bond acceptors (Lipinski definition) is 3. The molecular formula is C15H26N2O4. The fraction of sp³-hybridized carbons (Fsp3) is 0.800. The number of hydrogen-bond donors (Lipinski definition) is 2. The van der Waals surface area contributed by atoms with E-state index in [1.54, 1.807) is 4.90 Å². The van der Waals surface area contributed by atoms with Crippen LogP contribution in [0.4, 0.5) is 0 Å². The molecule has 0 aromatic carbocycles. The number of nitrogens with zero attached hydrogens (tertiary/aromatic N) is 1. The minimum Gasteiger partial charge on any atom is -0.480 e. The van der Waals surface area contributed by atoms with Gasteiger partial charge in [0.15, 0.2) is 0 Å². The molecule has 0 saturated carbocycles. The quantitative estimate of drug-likeness (QED) is 0.772. The lowest BCUT2D eigenvalue weighted by Crippen LogP contribution is -2.50. The second kappa shape index (κ2) is 8.00. The van der Waals surface area contributed by atoms with Crippen molar-refractivity contribution in [2.75, 3.05) is 13.1 Å². The van der Waals surface area contributed by atoms with Gasteiger partial charge in [0.25, 0.3) is 0 Å². The number of likely N-dealkylation sites (tertiary alicyclic amines) is 1. The summed E-state index contributed by atoms with van der Waals surface area (Å²) in [6, 6.07) is -0.835. The molecule has 6 nitrogen and oxygen atoms in total. The third kappa shape index (κ3) is 5.02. The molecule has 1 saturated heterocycles. The van der Waals surface area contributed by atoms with Gasteiger partial charge in [-0.05, 0) is 19.3 Å². The van der Waals surface area contributed by atoms with Crippen molar-refractivity contribution in [2.24, 2.45) is 11.8 Å². The van der Waals surface area contributed by atoms with Crippen molar-refractivity contribution in [3.8, 4) is 0 Å². The first-order valence-corrected chi connectivity index (χ1v) is 7.68. The van der Waals surface area contributed by atoms with Crippen LogP contribution in [0.5, 0.6) is 0 Å². The van der Waals surface area contributed by atoms with E-state index in [0.717, 1.165) is 6.42 Å². The van der Waals surface area contributed by atoms with E-state index in [9.17, 15) is 14.4 Å². The summed E-state index contributed by atoms with van der Waals surface area (Å²) in [6.07, 6.45) is 2.59. The van der Waals surface area contributed by atoms with Gasteiger partial charge in [-0.25, -0.2) is 4.79 Å². The highest BCUT2D eigenvalue weighted by Gasteiger charge is 2.31. The molecule has 0 aromatic rings. The zero-order valence-electron chi connectivity index (χ0n) is 13.1. The Morgan fingerprint density at radius 1 is 1.33 bits per heavy atom. The highest BCUT2D eigenvalue weighted by atomic mass is 16.4. The van der Waals surface area contributed by atoms with Crippen molar-refractivity contribution < 1.29 is 19.5 Å². The number of rotatable bonds is 6. The molecule has 0 radical (unpaired) electrons. The molecule has 1 aliphatic rings. The highest BCUT2D eigenvalue weighted by molar-refractivity contribution is 5.86. The van der Waals surface area contributed by atoms with Gasteiger partial charge in [0.2, 0.25) is 11.8 Å². The van der Waals surface area contributed by atoms with Crippen molar-refractivity contribution in [2.45, 2.75) is 52.5 Å². The molecule has 120 valence electrons. The fourth-order valence-corrected chi connectivity index (χ4v) is 2.59. The number of nitrogens with one attached hydrogen (secondary N) is 1. The smallest absolute Gasteiger partial charge is 0.326 e. The number of carbonyl (C=O) groups excluding carboxylic acids is 2. The van der Waals surface area contributed by atoms with E-state index >= 15 is 0 Å². The minimum absolute atomic E-state index is 0.0517. The van der Waals surface area contributed by atoms with Crippen molar-refractivity contribution in [3.63, 3.8) is 0 Å². The first kappa shape index (κ1) is 17.5. The summed E-state index contributed by atoms with van der Waals surface area (Å²) >= 11 is 0. The number of piperidine rings is 1. The van der Waals surface area contributed by atoms with E-state index in [1.807, 2.05) is 20.8 Å². The molecule has 0 spiro atoms. The standard InChI is InChI=1S/C15H26N2O4/c1-4-6-12(15(20)21)16-13(18)11-7-5-8-17(9-11)14(19)10(2)3/h10-12H,4-9H2,1-3H3,(H,16,18)(H,20,21)/t11?,12-/m1/s1. The Kier molecular flexibility index (Phi) is 6.65. The molecule has 0 aliphatic carbocycles. The maximum Gasteiger partial charge on any atom is 0.326 e. The number of aliphatic carboxylic acids is 1. The summed E-state index contributed by atoms with van der Waals surface area (Å²) in [7, 11) is 0. The second-order valence-electron chi connectivity index (χ2n) is 5.97. The topological polar surface area (TPSA) is 86.7 Å². The Bertz CT molecular complexity index is 395. The molecule has 1 fully saturated rings. The molecule has 1 heterocycles. The molecule has 2 N–H and O–H groups in total. The summed E-state index contributed by atoms with van der Waals surface area (Å²) in [5, 5.41) is 11.7. The summed E-state index contributed by atoms with van der Waals surface area (Å²) in [4.78, 5) is 37.0. The SMILES string of the molecule is CCC[C@@H](NC(=O)C1CCCN(C(=O)C(C)C)C1)C(=O)O. The zero-order valence-corrected chi connectivity index (χ0v) is 13.1. The van der Waals surface area contributed by atoms with Crippen LogP contribution in [0.3, 0.4) is 0 Å². The van der Waals surface area contributed by atoms with Gasteiger partial charge < -0.3 is 15.3 Å². The van der Waals surface area contributed by atoms with Gasteiger partial charge in [0.05, 0.1) is 5.92 Å². The molecule has 0 bridgehead atoms. The van der Waals surface area contributed by atoms with Gasteiger partial charge in [0.1, 0.15) is 6.04 Å². The van der Waals surface area contributed by atoms with Crippen LogP contribution in [0.1, 0.15) is 46.5 Å². The summed E-state index contributed by atoms with van der Waals surface area (Å²) in [5.41, 5.74) is 0. The van der Waals surface area contributed by atoms with E-state index < -0.39 is 12.0 Å². The maximum atomic E-state index is 12.2. The van der Waals surface area contributed by atoms with Gasteiger partial charge in [-0.2, -0.15) is 0 Å². The lowest BCUT2D eigenvalue weighted by molar-refractivity contribution is -0.144. The average Bonchev–Trinajstić information content (AvgIpc) is 2.45.